The fourth-order valence-corrected chi connectivity index (χ4v) is 2.86. The van der Waals surface area contributed by atoms with Crippen molar-refractivity contribution in [3.05, 3.63) is 35.4 Å². The summed E-state index contributed by atoms with van der Waals surface area (Å²) in [6.07, 6.45) is 0.872. The smallest absolute Gasteiger partial charge is 0.339 e. The molecular weight excluding hydrogens is 202 g/mol. The second-order valence-corrected chi connectivity index (χ2v) is 4.68. The van der Waals surface area contributed by atoms with E-state index in [1.807, 2.05) is 24.3 Å². The van der Waals surface area contributed by atoms with Crippen LogP contribution in [0.25, 0.3) is 0 Å². The van der Waals surface area contributed by atoms with Gasteiger partial charge in [0.25, 0.3) is 0 Å². The van der Waals surface area contributed by atoms with Crippen LogP contribution in [0.5, 0.6) is 0 Å². The standard InChI is InChI=1S/C13H15NO2/c1-9-8-14-7-6-13(9)11-5-3-2-4-10(11)12(15)16-13/h2-5,9,14H,6-8H2,1H3/t9-,13+/m0/s1. The Labute approximate surface area is 94.8 Å². The quantitative estimate of drug-likeness (QED) is 0.672. The van der Waals surface area contributed by atoms with Crippen LogP contribution in [0.2, 0.25) is 0 Å². The molecule has 0 bridgehead atoms. The summed E-state index contributed by atoms with van der Waals surface area (Å²) in [5, 5.41) is 3.34. The molecule has 1 fully saturated rings. The van der Waals surface area contributed by atoms with Crippen molar-refractivity contribution < 1.29 is 9.53 Å². The predicted molar refractivity (Wildman–Crippen MR) is 60.2 cm³/mol. The van der Waals surface area contributed by atoms with E-state index < -0.39 is 0 Å². The van der Waals surface area contributed by atoms with Crippen molar-refractivity contribution in [1.82, 2.24) is 5.32 Å². The molecule has 1 spiro atoms. The van der Waals surface area contributed by atoms with Crippen molar-refractivity contribution in [3.63, 3.8) is 0 Å². The number of nitrogens with one attached hydrogen (secondary N) is 1. The fourth-order valence-electron chi connectivity index (χ4n) is 2.86. The Hall–Kier alpha value is -1.35. The molecule has 16 heavy (non-hydrogen) atoms. The van der Waals surface area contributed by atoms with Gasteiger partial charge in [-0.3, -0.25) is 0 Å². The predicted octanol–water partition coefficient (Wildman–Crippen LogP) is 1.68. The van der Waals surface area contributed by atoms with Crippen molar-refractivity contribution in [1.29, 1.82) is 0 Å². The monoisotopic (exact) mass is 217 g/mol. The van der Waals surface area contributed by atoms with Crippen LogP contribution in [0.3, 0.4) is 0 Å². The van der Waals surface area contributed by atoms with Crippen molar-refractivity contribution in [2.45, 2.75) is 18.9 Å². The maximum Gasteiger partial charge on any atom is 0.339 e. The molecule has 2 atom stereocenters. The summed E-state index contributed by atoms with van der Waals surface area (Å²) in [4.78, 5) is 11.8. The molecule has 0 radical (unpaired) electrons. The third-order valence-electron chi connectivity index (χ3n) is 3.80. The van der Waals surface area contributed by atoms with Gasteiger partial charge in [-0.15, -0.1) is 0 Å². The zero-order valence-electron chi connectivity index (χ0n) is 9.32. The summed E-state index contributed by atoms with van der Waals surface area (Å²) >= 11 is 0. The van der Waals surface area contributed by atoms with Gasteiger partial charge in [-0.25, -0.2) is 4.79 Å². The third kappa shape index (κ3) is 1.15. The van der Waals surface area contributed by atoms with Gasteiger partial charge in [-0.2, -0.15) is 0 Å². The van der Waals surface area contributed by atoms with E-state index >= 15 is 0 Å². The zero-order valence-corrected chi connectivity index (χ0v) is 9.32. The molecule has 0 unspecified atom stereocenters. The topological polar surface area (TPSA) is 38.3 Å². The molecule has 1 N–H and O–H groups in total. The molecule has 3 rings (SSSR count). The minimum atomic E-state index is -0.376. The summed E-state index contributed by atoms with van der Waals surface area (Å²) in [6, 6.07) is 7.77. The molecule has 0 aromatic heterocycles. The Bertz CT molecular complexity index is 443. The number of fused-ring (bicyclic) bond motifs is 2. The zero-order chi connectivity index (χ0) is 11.2. The number of piperidine rings is 1. The van der Waals surface area contributed by atoms with Crippen LogP contribution < -0.4 is 5.32 Å². The summed E-state index contributed by atoms with van der Waals surface area (Å²) in [6.45, 7) is 3.95. The number of carbonyl (C=O) groups is 1. The van der Waals surface area contributed by atoms with Gasteiger partial charge < -0.3 is 10.1 Å². The van der Waals surface area contributed by atoms with Crippen LogP contribution in [0.15, 0.2) is 24.3 Å². The first-order valence-electron chi connectivity index (χ1n) is 5.77. The summed E-state index contributed by atoms with van der Waals surface area (Å²) in [5.41, 5.74) is 1.45. The van der Waals surface area contributed by atoms with Gasteiger partial charge in [0, 0.05) is 24.4 Å². The summed E-state index contributed by atoms with van der Waals surface area (Å²) in [7, 11) is 0. The van der Waals surface area contributed by atoms with Gasteiger partial charge in [0.2, 0.25) is 0 Å². The highest BCUT2D eigenvalue weighted by Crippen LogP contribution is 2.45. The highest BCUT2D eigenvalue weighted by atomic mass is 16.6. The SMILES string of the molecule is C[C@H]1CNCC[C@@]12OC(=O)c1ccccc12. The Morgan fingerprint density at radius 2 is 2.25 bits per heavy atom. The Morgan fingerprint density at radius 1 is 1.44 bits per heavy atom. The van der Waals surface area contributed by atoms with Crippen LogP contribution in [-0.4, -0.2) is 19.1 Å². The van der Waals surface area contributed by atoms with Gasteiger partial charge in [-0.1, -0.05) is 25.1 Å². The molecule has 3 heteroatoms. The second kappa shape index (κ2) is 3.32. The van der Waals surface area contributed by atoms with Gasteiger partial charge in [0.1, 0.15) is 5.60 Å². The highest BCUT2D eigenvalue weighted by Gasteiger charge is 2.49. The van der Waals surface area contributed by atoms with E-state index in [1.165, 1.54) is 0 Å². The molecule has 2 aliphatic heterocycles. The maximum atomic E-state index is 11.8. The van der Waals surface area contributed by atoms with E-state index in [2.05, 4.69) is 12.2 Å². The van der Waals surface area contributed by atoms with Crippen molar-refractivity contribution in [3.8, 4) is 0 Å². The lowest BCUT2D eigenvalue weighted by Crippen LogP contribution is -2.47. The molecule has 0 saturated carbocycles. The minimum Gasteiger partial charge on any atom is -0.450 e. The number of esters is 1. The number of rotatable bonds is 0. The number of benzene rings is 1. The van der Waals surface area contributed by atoms with Crippen LogP contribution in [-0.2, 0) is 10.3 Å². The largest absolute Gasteiger partial charge is 0.450 e. The highest BCUT2D eigenvalue weighted by molar-refractivity contribution is 5.94. The van der Waals surface area contributed by atoms with Gasteiger partial charge in [0.05, 0.1) is 5.56 Å². The molecule has 1 aromatic rings. The fraction of sp³-hybridized carbons (Fsp3) is 0.462. The summed E-state index contributed by atoms with van der Waals surface area (Å²) < 4.78 is 5.69. The lowest BCUT2D eigenvalue weighted by Gasteiger charge is -2.39. The van der Waals surface area contributed by atoms with Crippen LogP contribution in [0.4, 0.5) is 0 Å². The van der Waals surface area contributed by atoms with E-state index in [-0.39, 0.29) is 11.6 Å². The first kappa shape index (κ1) is 9.85. The van der Waals surface area contributed by atoms with Crippen LogP contribution >= 0.6 is 0 Å². The van der Waals surface area contributed by atoms with Gasteiger partial charge >= 0.3 is 5.97 Å². The molecule has 1 saturated heterocycles. The Balaban J connectivity index is 2.14. The van der Waals surface area contributed by atoms with E-state index in [4.69, 9.17) is 4.74 Å². The van der Waals surface area contributed by atoms with Crippen molar-refractivity contribution >= 4 is 5.97 Å². The lowest BCUT2D eigenvalue weighted by molar-refractivity contribution is -0.0534. The molecule has 2 heterocycles. The number of ether oxygens (including phenoxy) is 1. The molecular formula is C13H15NO2. The number of hydrogen-bond acceptors (Lipinski definition) is 3. The van der Waals surface area contributed by atoms with E-state index in [0.717, 1.165) is 30.6 Å². The Morgan fingerprint density at radius 3 is 3.06 bits per heavy atom. The van der Waals surface area contributed by atoms with Crippen LogP contribution in [0, 0.1) is 5.92 Å². The molecule has 0 aliphatic carbocycles. The first-order chi connectivity index (χ1) is 7.74. The van der Waals surface area contributed by atoms with Crippen molar-refractivity contribution in [2.24, 2.45) is 5.92 Å². The van der Waals surface area contributed by atoms with Gasteiger partial charge in [0.15, 0.2) is 0 Å². The Kier molecular flexibility index (Phi) is 2.04. The van der Waals surface area contributed by atoms with Crippen LogP contribution in [0.1, 0.15) is 29.3 Å². The first-order valence-corrected chi connectivity index (χ1v) is 5.77. The lowest BCUT2D eigenvalue weighted by atomic mass is 9.77. The van der Waals surface area contributed by atoms with E-state index in [1.54, 1.807) is 0 Å². The molecule has 3 nitrogen and oxygen atoms in total. The number of hydrogen-bond donors (Lipinski definition) is 1. The average Bonchev–Trinajstić information content (AvgIpc) is 2.59. The van der Waals surface area contributed by atoms with E-state index in [9.17, 15) is 4.79 Å². The average molecular weight is 217 g/mol. The third-order valence-corrected chi connectivity index (χ3v) is 3.80. The second-order valence-electron chi connectivity index (χ2n) is 4.68. The normalized spacial score (nSPS) is 32.6. The number of carbonyl (C=O) groups excluding carboxylic acids is 1. The minimum absolute atomic E-state index is 0.163. The van der Waals surface area contributed by atoms with Crippen molar-refractivity contribution in [2.75, 3.05) is 13.1 Å². The molecule has 2 aliphatic rings. The van der Waals surface area contributed by atoms with E-state index in [0.29, 0.717) is 5.92 Å². The maximum absolute atomic E-state index is 11.8. The molecule has 84 valence electrons. The molecule has 0 amide bonds. The summed E-state index contributed by atoms with van der Waals surface area (Å²) in [5.74, 6) is 0.165. The molecule has 1 aromatic carbocycles. The van der Waals surface area contributed by atoms with Gasteiger partial charge in [-0.05, 0) is 12.6 Å².